The average molecular weight is 333 g/mol. The van der Waals surface area contributed by atoms with Crippen molar-refractivity contribution in [2.45, 2.75) is 32.6 Å². The molecule has 8 heteroatoms. The standard InChI is InChI=1S/C16H19N3O5/c1-9(18)12(6-17)13(20)8-24-14(21)7-19-15(22)10-4-2-3-5-11(10)16(19)23/h10-11H,2-5,7-8,18H2,1H3/b12-9+. The normalized spacial score (nSPS) is 24.1. The number of carbonyl (C=O) groups is 4. The van der Waals surface area contributed by atoms with Gasteiger partial charge in [0.05, 0.1) is 11.8 Å². The summed E-state index contributed by atoms with van der Waals surface area (Å²) in [4.78, 5) is 48.9. The van der Waals surface area contributed by atoms with Gasteiger partial charge in [0.2, 0.25) is 17.6 Å². The van der Waals surface area contributed by atoms with Crippen molar-refractivity contribution < 1.29 is 23.9 Å². The summed E-state index contributed by atoms with van der Waals surface area (Å²) < 4.78 is 4.77. The molecule has 24 heavy (non-hydrogen) atoms. The molecule has 1 saturated carbocycles. The number of carbonyl (C=O) groups excluding carboxylic acids is 4. The molecule has 1 aliphatic heterocycles. The zero-order valence-corrected chi connectivity index (χ0v) is 13.4. The van der Waals surface area contributed by atoms with Crippen molar-refractivity contribution in [2.24, 2.45) is 17.6 Å². The zero-order valence-electron chi connectivity index (χ0n) is 13.4. The van der Waals surface area contributed by atoms with E-state index >= 15 is 0 Å². The number of nitrogens with two attached hydrogens (primary N) is 1. The van der Waals surface area contributed by atoms with Crippen LogP contribution in [0.5, 0.6) is 0 Å². The van der Waals surface area contributed by atoms with Gasteiger partial charge in [-0.25, -0.2) is 0 Å². The second-order valence-electron chi connectivity index (χ2n) is 6.01. The Morgan fingerprint density at radius 2 is 1.79 bits per heavy atom. The Kier molecular flexibility index (Phi) is 5.34. The number of hydrogen-bond donors (Lipinski definition) is 1. The van der Waals surface area contributed by atoms with Crippen LogP contribution in [0, 0.1) is 23.2 Å². The first-order chi connectivity index (χ1) is 11.4. The van der Waals surface area contributed by atoms with Crippen LogP contribution >= 0.6 is 0 Å². The molecular formula is C16H19N3O5. The fourth-order valence-electron chi connectivity index (χ4n) is 3.15. The third-order valence-corrected chi connectivity index (χ3v) is 4.37. The molecule has 2 aliphatic rings. The van der Waals surface area contributed by atoms with Gasteiger partial charge in [-0.3, -0.25) is 24.1 Å². The molecule has 0 aromatic rings. The Hall–Kier alpha value is -2.69. The van der Waals surface area contributed by atoms with Crippen LogP contribution in [-0.2, 0) is 23.9 Å². The van der Waals surface area contributed by atoms with Gasteiger partial charge in [-0.15, -0.1) is 0 Å². The lowest BCUT2D eigenvalue weighted by Gasteiger charge is -2.19. The van der Waals surface area contributed by atoms with E-state index in [1.165, 1.54) is 6.92 Å². The molecule has 1 saturated heterocycles. The second-order valence-corrected chi connectivity index (χ2v) is 6.01. The Labute approximate surface area is 139 Å². The summed E-state index contributed by atoms with van der Waals surface area (Å²) >= 11 is 0. The van der Waals surface area contributed by atoms with Crippen molar-refractivity contribution >= 4 is 23.6 Å². The summed E-state index contributed by atoms with van der Waals surface area (Å²) in [6, 6.07) is 1.64. The van der Waals surface area contributed by atoms with Gasteiger partial charge in [-0.05, 0) is 19.8 Å². The first-order valence-electron chi connectivity index (χ1n) is 7.77. The van der Waals surface area contributed by atoms with E-state index in [9.17, 15) is 19.2 Å². The minimum atomic E-state index is -0.865. The summed E-state index contributed by atoms with van der Waals surface area (Å²) in [6.07, 6.45) is 3.11. The van der Waals surface area contributed by atoms with Crippen LogP contribution < -0.4 is 5.73 Å². The molecule has 2 unspecified atom stereocenters. The van der Waals surface area contributed by atoms with Gasteiger partial charge < -0.3 is 10.5 Å². The minimum Gasteiger partial charge on any atom is -0.456 e. The molecule has 1 heterocycles. The zero-order chi connectivity index (χ0) is 17.9. The van der Waals surface area contributed by atoms with E-state index in [-0.39, 0.29) is 34.9 Å². The third-order valence-electron chi connectivity index (χ3n) is 4.37. The molecule has 128 valence electrons. The molecule has 0 aromatic heterocycles. The molecule has 2 atom stereocenters. The first kappa shape index (κ1) is 17.7. The number of ketones is 1. The number of likely N-dealkylation sites (tertiary alicyclic amines) is 1. The SMILES string of the molecule is C/C(N)=C(/C#N)C(=O)COC(=O)CN1C(=O)C2CCCCC2C1=O. The number of allylic oxidation sites excluding steroid dienone is 1. The van der Waals surface area contributed by atoms with Gasteiger partial charge in [0, 0.05) is 5.70 Å². The maximum atomic E-state index is 12.2. The van der Waals surface area contributed by atoms with Gasteiger partial charge >= 0.3 is 5.97 Å². The molecule has 2 amide bonds. The predicted molar refractivity (Wildman–Crippen MR) is 80.6 cm³/mol. The van der Waals surface area contributed by atoms with E-state index in [4.69, 9.17) is 15.7 Å². The smallest absolute Gasteiger partial charge is 0.326 e. The van der Waals surface area contributed by atoms with E-state index in [2.05, 4.69) is 0 Å². The predicted octanol–water partition coefficient (Wildman–Crippen LogP) is 0.0302. The Morgan fingerprint density at radius 1 is 1.25 bits per heavy atom. The van der Waals surface area contributed by atoms with E-state index in [0.717, 1.165) is 17.7 Å². The molecule has 0 radical (unpaired) electrons. The van der Waals surface area contributed by atoms with E-state index in [1.54, 1.807) is 6.07 Å². The topological polar surface area (TPSA) is 131 Å². The minimum absolute atomic E-state index is 0.0347. The number of ether oxygens (including phenoxy) is 1. The number of hydrogen-bond acceptors (Lipinski definition) is 7. The van der Waals surface area contributed by atoms with Crippen LogP contribution in [0.1, 0.15) is 32.6 Å². The van der Waals surface area contributed by atoms with Gasteiger partial charge in [-0.1, -0.05) is 12.8 Å². The lowest BCUT2D eigenvalue weighted by molar-refractivity contribution is -0.154. The van der Waals surface area contributed by atoms with Crippen molar-refractivity contribution in [3.63, 3.8) is 0 Å². The number of imide groups is 1. The van der Waals surface area contributed by atoms with Gasteiger partial charge in [0.25, 0.3) is 0 Å². The maximum absolute atomic E-state index is 12.2. The molecule has 0 aromatic carbocycles. The highest BCUT2D eigenvalue weighted by molar-refractivity contribution is 6.07. The lowest BCUT2D eigenvalue weighted by Crippen LogP contribution is -2.37. The summed E-state index contributed by atoms with van der Waals surface area (Å²) in [6.45, 7) is 0.228. The largest absolute Gasteiger partial charge is 0.456 e. The van der Waals surface area contributed by atoms with Crippen LogP contribution in [-0.4, -0.2) is 41.6 Å². The van der Waals surface area contributed by atoms with Crippen LogP contribution in [0.2, 0.25) is 0 Å². The Morgan fingerprint density at radius 3 is 2.25 bits per heavy atom. The first-order valence-corrected chi connectivity index (χ1v) is 7.77. The maximum Gasteiger partial charge on any atom is 0.326 e. The quantitative estimate of drug-likeness (QED) is 0.325. The van der Waals surface area contributed by atoms with Crippen LogP contribution in [0.15, 0.2) is 11.3 Å². The fraction of sp³-hybridized carbons (Fsp3) is 0.562. The molecule has 2 fully saturated rings. The highest BCUT2D eigenvalue weighted by Crippen LogP contribution is 2.37. The van der Waals surface area contributed by atoms with Crippen molar-refractivity contribution in [2.75, 3.05) is 13.2 Å². The third kappa shape index (κ3) is 3.45. The van der Waals surface area contributed by atoms with Gasteiger partial charge in [-0.2, -0.15) is 5.26 Å². The fourth-order valence-corrected chi connectivity index (χ4v) is 3.15. The lowest BCUT2D eigenvalue weighted by atomic mass is 9.81. The molecule has 2 rings (SSSR count). The van der Waals surface area contributed by atoms with Crippen LogP contribution in [0.25, 0.3) is 0 Å². The number of fused-ring (bicyclic) bond motifs is 1. The van der Waals surface area contributed by atoms with E-state index in [0.29, 0.717) is 12.8 Å². The highest BCUT2D eigenvalue weighted by atomic mass is 16.5. The molecule has 0 spiro atoms. The highest BCUT2D eigenvalue weighted by Gasteiger charge is 2.48. The van der Waals surface area contributed by atoms with Crippen molar-refractivity contribution in [1.82, 2.24) is 4.90 Å². The van der Waals surface area contributed by atoms with E-state index in [1.807, 2.05) is 0 Å². The summed E-state index contributed by atoms with van der Waals surface area (Å²) in [5.74, 6) is -2.96. The molecule has 8 nitrogen and oxygen atoms in total. The molecule has 0 bridgehead atoms. The molecular weight excluding hydrogens is 314 g/mol. The number of nitriles is 1. The monoisotopic (exact) mass is 333 g/mol. The van der Waals surface area contributed by atoms with E-state index < -0.39 is 24.9 Å². The van der Waals surface area contributed by atoms with Gasteiger partial charge in [0.15, 0.2) is 6.61 Å². The number of rotatable bonds is 5. The Balaban J connectivity index is 1.92. The number of amides is 2. The molecule has 1 aliphatic carbocycles. The second kappa shape index (κ2) is 7.25. The van der Waals surface area contributed by atoms with Crippen molar-refractivity contribution in [1.29, 1.82) is 5.26 Å². The van der Waals surface area contributed by atoms with Gasteiger partial charge in [0.1, 0.15) is 18.2 Å². The summed E-state index contributed by atoms with van der Waals surface area (Å²) in [7, 11) is 0. The van der Waals surface area contributed by atoms with Crippen LogP contribution in [0.4, 0.5) is 0 Å². The Bertz CT molecular complexity index is 633. The average Bonchev–Trinajstić information content (AvgIpc) is 2.79. The number of nitrogens with zero attached hydrogens (tertiary/aromatic N) is 2. The number of esters is 1. The summed E-state index contributed by atoms with van der Waals surface area (Å²) in [5.41, 5.74) is 5.15. The van der Waals surface area contributed by atoms with Crippen molar-refractivity contribution in [3.8, 4) is 6.07 Å². The molecule has 2 N–H and O–H groups in total. The number of Topliss-reactive ketones (excluding diaryl/α,β-unsaturated/α-hetero) is 1. The van der Waals surface area contributed by atoms with Crippen LogP contribution in [0.3, 0.4) is 0 Å². The van der Waals surface area contributed by atoms with Crippen molar-refractivity contribution in [3.05, 3.63) is 11.3 Å². The summed E-state index contributed by atoms with van der Waals surface area (Å²) in [5, 5.41) is 8.80.